The zero-order chi connectivity index (χ0) is 10.6. The van der Waals surface area contributed by atoms with E-state index in [-0.39, 0.29) is 5.69 Å². The molecule has 0 radical (unpaired) electrons. The van der Waals surface area contributed by atoms with Crippen LogP contribution in [0, 0.1) is 10.1 Å². The lowest BCUT2D eigenvalue weighted by Crippen LogP contribution is -1.89. The van der Waals surface area contributed by atoms with Gasteiger partial charge in [-0.3, -0.25) is 10.1 Å². The van der Waals surface area contributed by atoms with E-state index in [2.05, 4.69) is 0 Å². The fourth-order valence-corrected chi connectivity index (χ4v) is 1.76. The molecule has 6 heteroatoms. The number of nitro groups is 1. The number of halogens is 1. The molecule has 1 aromatic carbocycles. The van der Waals surface area contributed by atoms with Gasteiger partial charge in [0.2, 0.25) is 0 Å². The fourth-order valence-electron chi connectivity index (χ4n) is 0.827. The van der Waals surface area contributed by atoms with Gasteiger partial charge in [-0.25, -0.2) is 4.21 Å². The molecule has 14 heavy (non-hydrogen) atoms. The Hall–Kier alpha value is -1.20. The van der Waals surface area contributed by atoms with Crippen molar-refractivity contribution in [2.75, 3.05) is 0 Å². The molecular weight excluding hydrogens is 226 g/mol. The van der Waals surface area contributed by atoms with Crippen LogP contribution in [-0.2, 0) is 10.8 Å². The molecule has 0 saturated heterocycles. The molecule has 0 aliphatic carbocycles. The lowest BCUT2D eigenvalue weighted by molar-refractivity contribution is -0.384. The van der Waals surface area contributed by atoms with Gasteiger partial charge >= 0.3 is 0 Å². The van der Waals surface area contributed by atoms with Crippen LogP contribution in [0.4, 0.5) is 5.69 Å². The molecule has 0 N–H and O–H groups in total. The summed E-state index contributed by atoms with van der Waals surface area (Å²) < 4.78 is 11.3. The van der Waals surface area contributed by atoms with E-state index in [4.69, 9.17) is 11.6 Å². The van der Waals surface area contributed by atoms with Gasteiger partial charge in [-0.1, -0.05) is 11.6 Å². The molecule has 1 rings (SSSR count). The minimum Gasteiger partial charge on any atom is -0.258 e. The molecular formula is C8H6ClNO3S. The third-order valence-corrected chi connectivity index (χ3v) is 2.85. The van der Waals surface area contributed by atoms with Crippen LogP contribution >= 0.6 is 11.6 Å². The van der Waals surface area contributed by atoms with Crippen molar-refractivity contribution in [3.05, 3.63) is 45.3 Å². The molecule has 1 atom stereocenters. The largest absolute Gasteiger partial charge is 0.269 e. The van der Waals surface area contributed by atoms with Crippen molar-refractivity contribution < 1.29 is 9.13 Å². The Balaban J connectivity index is 2.94. The van der Waals surface area contributed by atoms with Crippen molar-refractivity contribution in [2.24, 2.45) is 0 Å². The molecule has 0 fully saturated rings. The number of hydrogen-bond acceptors (Lipinski definition) is 3. The summed E-state index contributed by atoms with van der Waals surface area (Å²) >= 11 is 5.25. The van der Waals surface area contributed by atoms with Crippen LogP contribution in [0.2, 0.25) is 0 Å². The summed E-state index contributed by atoms with van der Waals surface area (Å²) in [7, 11) is -1.34. The first-order chi connectivity index (χ1) is 6.65. The van der Waals surface area contributed by atoms with Gasteiger partial charge in [-0.05, 0) is 12.1 Å². The lowest BCUT2D eigenvalue weighted by Gasteiger charge is -1.95. The highest BCUT2D eigenvalue weighted by Gasteiger charge is 2.05. The van der Waals surface area contributed by atoms with Gasteiger partial charge in [-0.2, -0.15) is 0 Å². The Morgan fingerprint density at radius 2 is 1.93 bits per heavy atom. The first kappa shape index (κ1) is 10.9. The highest BCUT2D eigenvalue weighted by Crippen LogP contribution is 2.15. The van der Waals surface area contributed by atoms with Crippen molar-refractivity contribution >= 4 is 28.1 Å². The zero-order valence-corrected chi connectivity index (χ0v) is 8.49. The molecule has 0 saturated carbocycles. The third kappa shape index (κ3) is 2.65. The summed E-state index contributed by atoms with van der Waals surface area (Å²) in [6.07, 6.45) is 0. The second-order valence-electron chi connectivity index (χ2n) is 2.31. The Morgan fingerprint density at radius 1 is 1.36 bits per heavy atom. The molecule has 0 spiro atoms. The van der Waals surface area contributed by atoms with E-state index in [1.54, 1.807) is 0 Å². The molecule has 0 bridgehead atoms. The Morgan fingerprint density at radius 3 is 2.36 bits per heavy atom. The minimum atomic E-state index is -1.34. The van der Waals surface area contributed by atoms with Gasteiger partial charge in [0.1, 0.15) is 0 Å². The molecule has 0 amide bonds. The number of nitrogens with zero attached hydrogens (tertiary/aromatic N) is 1. The fraction of sp³-hybridized carbons (Fsp3) is 0. The van der Waals surface area contributed by atoms with E-state index in [0.717, 1.165) is 5.54 Å². The van der Waals surface area contributed by atoms with Crippen molar-refractivity contribution in [1.82, 2.24) is 0 Å². The van der Waals surface area contributed by atoms with Gasteiger partial charge in [0.15, 0.2) is 0 Å². The van der Waals surface area contributed by atoms with Crippen molar-refractivity contribution in [3.63, 3.8) is 0 Å². The van der Waals surface area contributed by atoms with E-state index in [9.17, 15) is 14.3 Å². The summed E-state index contributed by atoms with van der Waals surface area (Å²) in [4.78, 5) is 10.3. The topological polar surface area (TPSA) is 60.2 Å². The molecule has 0 aliphatic rings. The standard InChI is InChI=1S/C8H6ClNO3S/c9-5-6-14(13)8-3-1-7(2-4-8)10(11)12/h1-6H. The number of nitro benzene ring substituents is 1. The van der Waals surface area contributed by atoms with E-state index in [1.165, 1.54) is 29.7 Å². The van der Waals surface area contributed by atoms with Crippen LogP contribution < -0.4 is 0 Å². The number of non-ortho nitro benzene ring substituents is 1. The monoisotopic (exact) mass is 231 g/mol. The maximum atomic E-state index is 11.3. The summed E-state index contributed by atoms with van der Waals surface area (Å²) in [5.74, 6) is 0. The van der Waals surface area contributed by atoms with Crippen LogP contribution in [0.25, 0.3) is 0 Å². The molecule has 1 aromatic rings. The zero-order valence-electron chi connectivity index (χ0n) is 6.92. The molecule has 0 aromatic heterocycles. The van der Waals surface area contributed by atoms with Gasteiger partial charge in [0, 0.05) is 28.0 Å². The van der Waals surface area contributed by atoms with Gasteiger partial charge < -0.3 is 0 Å². The minimum absolute atomic E-state index is 0.0272. The Labute approximate surface area is 87.8 Å². The highest BCUT2D eigenvalue weighted by molar-refractivity contribution is 7.88. The van der Waals surface area contributed by atoms with Crippen LogP contribution in [0.15, 0.2) is 40.1 Å². The first-order valence-electron chi connectivity index (χ1n) is 3.57. The summed E-state index contributed by atoms with van der Waals surface area (Å²) in [5.41, 5.74) is 1.12. The maximum absolute atomic E-state index is 11.3. The quantitative estimate of drug-likeness (QED) is 0.593. The molecule has 0 heterocycles. The molecule has 0 aliphatic heterocycles. The normalized spacial score (nSPS) is 12.9. The van der Waals surface area contributed by atoms with Crippen LogP contribution in [0.1, 0.15) is 0 Å². The summed E-state index contributed by atoms with van der Waals surface area (Å²) in [6.45, 7) is 0. The lowest BCUT2D eigenvalue weighted by atomic mass is 10.3. The van der Waals surface area contributed by atoms with Crippen molar-refractivity contribution in [1.29, 1.82) is 0 Å². The van der Waals surface area contributed by atoms with Gasteiger partial charge in [0.05, 0.1) is 15.7 Å². The predicted molar refractivity (Wildman–Crippen MR) is 54.5 cm³/mol. The van der Waals surface area contributed by atoms with Gasteiger partial charge in [0.25, 0.3) is 5.69 Å². The summed E-state index contributed by atoms with van der Waals surface area (Å²) in [6, 6.07) is 5.47. The SMILES string of the molecule is O=[N+]([O-])c1ccc(S(=O)C=CCl)cc1. The maximum Gasteiger partial charge on any atom is 0.269 e. The average molecular weight is 232 g/mol. The average Bonchev–Trinajstić information content (AvgIpc) is 2.18. The van der Waals surface area contributed by atoms with E-state index in [1.807, 2.05) is 0 Å². The number of hydrogen-bond donors (Lipinski definition) is 0. The highest BCUT2D eigenvalue weighted by atomic mass is 35.5. The van der Waals surface area contributed by atoms with E-state index >= 15 is 0 Å². The van der Waals surface area contributed by atoms with Crippen LogP contribution in [-0.4, -0.2) is 9.13 Å². The third-order valence-electron chi connectivity index (χ3n) is 1.45. The molecule has 74 valence electrons. The number of benzene rings is 1. The second-order valence-corrected chi connectivity index (χ2v) is 3.90. The van der Waals surface area contributed by atoms with E-state index < -0.39 is 15.7 Å². The Bertz CT molecular complexity index is 388. The van der Waals surface area contributed by atoms with Crippen molar-refractivity contribution in [3.8, 4) is 0 Å². The summed E-state index contributed by atoms with van der Waals surface area (Å²) in [5, 5.41) is 11.6. The molecule has 1 unspecified atom stereocenters. The Kier molecular flexibility index (Phi) is 3.79. The van der Waals surface area contributed by atoms with Crippen molar-refractivity contribution in [2.45, 2.75) is 4.90 Å². The first-order valence-corrected chi connectivity index (χ1v) is 5.22. The second kappa shape index (κ2) is 4.88. The smallest absolute Gasteiger partial charge is 0.258 e. The molecule has 4 nitrogen and oxygen atoms in total. The predicted octanol–water partition coefficient (Wildman–Crippen LogP) is 2.41. The van der Waals surface area contributed by atoms with E-state index in [0.29, 0.717) is 4.90 Å². The van der Waals surface area contributed by atoms with Crippen LogP contribution in [0.5, 0.6) is 0 Å². The van der Waals surface area contributed by atoms with Gasteiger partial charge in [-0.15, -0.1) is 0 Å². The van der Waals surface area contributed by atoms with Crippen LogP contribution in [0.3, 0.4) is 0 Å². The number of rotatable bonds is 3.